The highest BCUT2D eigenvalue weighted by Crippen LogP contribution is 2.61. The maximum atomic E-state index is 12.6. The number of nitrogens with zero attached hydrogens (tertiary/aromatic N) is 1. The number of rotatable bonds is 6. The van der Waals surface area contributed by atoms with Crippen LogP contribution in [0.3, 0.4) is 0 Å². The SMILES string of the molecule is Cc1cccc2c(=O)[nH]c(COC(=O)CNC(=O)CC34CC5CC(CC(C5)C3)C4)nc12. The molecule has 4 aliphatic rings. The molecule has 0 aliphatic heterocycles. The van der Waals surface area contributed by atoms with E-state index in [2.05, 4.69) is 15.3 Å². The van der Waals surface area contributed by atoms with Crippen LogP contribution in [0.15, 0.2) is 23.0 Å². The van der Waals surface area contributed by atoms with Gasteiger partial charge >= 0.3 is 5.97 Å². The maximum absolute atomic E-state index is 12.6. The summed E-state index contributed by atoms with van der Waals surface area (Å²) >= 11 is 0. The molecule has 0 radical (unpaired) electrons. The first-order valence-corrected chi connectivity index (χ1v) is 11.3. The lowest BCUT2D eigenvalue weighted by molar-refractivity contribution is -0.146. The van der Waals surface area contributed by atoms with Gasteiger partial charge in [0.15, 0.2) is 0 Å². The predicted octanol–water partition coefficient (Wildman–Crippen LogP) is 3.00. The standard InChI is InChI=1S/C24H29N3O4/c1-14-3-2-4-18-22(14)26-19(27-23(18)30)13-31-21(29)12-25-20(28)11-24-8-15-5-16(9-24)7-17(6-15)10-24/h2-4,15-17H,5-13H2,1H3,(H,25,28)(H,26,27,30). The Hall–Kier alpha value is -2.70. The molecule has 2 aromatic rings. The molecular formula is C24H29N3O4. The molecule has 0 saturated heterocycles. The van der Waals surface area contributed by atoms with Crippen molar-refractivity contribution in [3.63, 3.8) is 0 Å². The van der Waals surface area contributed by atoms with Crippen molar-refractivity contribution >= 4 is 22.8 Å². The van der Waals surface area contributed by atoms with Crippen LogP contribution in [-0.4, -0.2) is 28.4 Å². The molecule has 31 heavy (non-hydrogen) atoms. The van der Waals surface area contributed by atoms with Gasteiger partial charge in [0.25, 0.3) is 5.56 Å². The first kappa shape index (κ1) is 20.2. The summed E-state index contributed by atoms with van der Waals surface area (Å²) in [5, 5.41) is 3.24. The zero-order chi connectivity index (χ0) is 21.6. The number of aryl methyl sites for hydroxylation is 1. The molecule has 1 amide bonds. The van der Waals surface area contributed by atoms with Gasteiger partial charge in [-0.05, 0) is 80.2 Å². The second-order valence-corrected chi connectivity index (χ2v) is 10.0. The molecule has 4 bridgehead atoms. The van der Waals surface area contributed by atoms with E-state index in [9.17, 15) is 14.4 Å². The van der Waals surface area contributed by atoms with Crippen molar-refractivity contribution in [2.24, 2.45) is 23.2 Å². The third kappa shape index (κ3) is 4.10. The number of carbonyl (C=O) groups is 2. The molecule has 2 N–H and O–H groups in total. The van der Waals surface area contributed by atoms with Gasteiger partial charge < -0.3 is 15.0 Å². The van der Waals surface area contributed by atoms with E-state index in [0.29, 0.717) is 23.1 Å². The molecule has 7 heteroatoms. The lowest BCUT2D eigenvalue weighted by Crippen LogP contribution is -2.48. The van der Waals surface area contributed by atoms with Crippen LogP contribution in [0.2, 0.25) is 0 Å². The van der Waals surface area contributed by atoms with Crippen LogP contribution in [-0.2, 0) is 20.9 Å². The Bertz CT molecular complexity index is 1050. The number of fused-ring (bicyclic) bond motifs is 1. The zero-order valence-corrected chi connectivity index (χ0v) is 17.9. The second kappa shape index (κ2) is 7.77. The van der Waals surface area contributed by atoms with Crippen molar-refractivity contribution in [2.45, 2.75) is 58.5 Å². The van der Waals surface area contributed by atoms with Gasteiger partial charge in [0.05, 0.1) is 10.9 Å². The van der Waals surface area contributed by atoms with Gasteiger partial charge in [-0.15, -0.1) is 0 Å². The topological polar surface area (TPSA) is 101 Å². The molecule has 4 saturated carbocycles. The fourth-order valence-corrected chi connectivity index (χ4v) is 6.70. The predicted molar refractivity (Wildman–Crippen MR) is 115 cm³/mol. The molecular weight excluding hydrogens is 394 g/mol. The van der Waals surface area contributed by atoms with Crippen LogP contribution in [0.25, 0.3) is 10.9 Å². The number of esters is 1. The Kier molecular flexibility index (Phi) is 5.07. The quantitative estimate of drug-likeness (QED) is 0.696. The minimum atomic E-state index is -0.536. The number of amides is 1. The van der Waals surface area contributed by atoms with Crippen molar-refractivity contribution in [3.8, 4) is 0 Å². The van der Waals surface area contributed by atoms with E-state index in [1.54, 1.807) is 12.1 Å². The molecule has 7 nitrogen and oxygen atoms in total. The molecule has 0 atom stereocenters. The molecule has 164 valence electrons. The summed E-state index contributed by atoms with van der Waals surface area (Å²) in [5.74, 6) is 2.08. The molecule has 6 rings (SSSR count). The highest BCUT2D eigenvalue weighted by atomic mass is 16.5. The first-order valence-electron chi connectivity index (χ1n) is 11.3. The average Bonchev–Trinajstić information content (AvgIpc) is 2.70. The highest BCUT2D eigenvalue weighted by molar-refractivity contribution is 5.82. The third-order valence-electron chi connectivity index (χ3n) is 7.49. The van der Waals surface area contributed by atoms with E-state index in [1.807, 2.05) is 13.0 Å². The van der Waals surface area contributed by atoms with Gasteiger partial charge in [0, 0.05) is 6.42 Å². The third-order valence-corrected chi connectivity index (χ3v) is 7.49. The van der Waals surface area contributed by atoms with Crippen LogP contribution in [0.4, 0.5) is 0 Å². The number of hydrogen-bond acceptors (Lipinski definition) is 5. The molecule has 4 aliphatic carbocycles. The summed E-state index contributed by atoms with van der Waals surface area (Å²) in [7, 11) is 0. The fraction of sp³-hybridized carbons (Fsp3) is 0.583. The normalized spacial score (nSPS) is 28.6. The van der Waals surface area contributed by atoms with Crippen molar-refractivity contribution in [1.82, 2.24) is 15.3 Å². The van der Waals surface area contributed by atoms with E-state index < -0.39 is 5.97 Å². The second-order valence-electron chi connectivity index (χ2n) is 10.0. The summed E-state index contributed by atoms with van der Waals surface area (Å²) in [6.45, 7) is 1.58. The number of carbonyl (C=O) groups excluding carboxylic acids is 2. The van der Waals surface area contributed by atoms with Crippen molar-refractivity contribution in [1.29, 1.82) is 0 Å². The summed E-state index contributed by atoms with van der Waals surface area (Å²) in [6, 6.07) is 5.40. The number of H-pyrrole nitrogens is 1. The Morgan fingerprint density at radius 2 is 1.84 bits per heavy atom. The maximum Gasteiger partial charge on any atom is 0.325 e. The molecule has 1 aromatic heterocycles. The average molecular weight is 424 g/mol. The number of ether oxygens (including phenoxy) is 1. The molecule has 0 spiro atoms. The Morgan fingerprint density at radius 1 is 1.16 bits per heavy atom. The molecule has 0 unspecified atom stereocenters. The smallest absolute Gasteiger partial charge is 0.325 e. The largest absolute Gasteiger partial charge is 0.456 e. The number of hydrogen-bond donors (Lipinski definition) is 2. The van der Waals surface area contributed by atoms with Gasteiger partial charge in [-0.2, -0.15) is 0 Å². The zero-order valence-electron chi connectivity index (χ0n) is 17.9. The number of para-hydroxylation sites is 1. The lowest BCUT2D eigenvalue weighted by Gasteiger charge is -2.56. The monoisotopic (exact) mass is 423 g/mol. The summed E-state index contributed by atoms with van der Waals surface area (Å²) in [4.78, 5) is 44.0. The fourth-order valence-electron chi connectivity index (χ4n) is 6.70. The summed E-state index contributed by atoms with van der Waals surface area (Å²) in [6.07, 6.45) is 8.04. The van der Waals surface area contributed by atoms with Gasteiger partial charge in [-0.25, -0.2) is 4.98 Å². The van der Waals surface area contributed by atoms with Gasteiger partial charge in [0.2, 0.25) is 5.91 Å². The van der Waals surface area contributed by atoms with Gasteiger partial charge in [-0.1, -0.05) is 12.1 Å². The van der Waals surface area contributed by atoms with Gasteiger partial charge in [-0.3, -0.25) is 14.4 Å². The minimum Gasteiger partial charge on any atom is -0.456 e. The van der Waals surface area contributed by atoms with Crippen LogP contribution in [0, 0.1) is 30.1 Å². The van der Waals surface area contributed by atoms with Crippen molar-refractivity contribution < 1.29 is 14.3 Å². The number of nitrogens with one attached hydrogen (secondary N) is 2. The Labute approximate surface area is 181 Å². The van der Waals surface area contributed by atoms with E-state index in [1.165, 1.54) is 19.3 Å². The first-order chi connectivity index (χ1) is 14.9. The van der Waals surface area contributed by atoms with Crippen LogP contribution >= 0.6 is 0 Å². The summed E-state index contributed by atoms with van der Waals surface area (Å²) in [5.41, 5.74) is 1.37. The number of aromatic nitrogens is 2. The van der Waals surface area contributed by atoms with Gasteiger partial charge in [0.1, 0.15) is 19.0 Å². The number of benzene rings is 1. The molecule has 1 heterocycles. The van der Waals surface area contributed by atoms with E-state index in [-0.39, 0.29) is 30.0 Å². The summed E-state index contributed by atoms with van der Waals surface area (Å²) < 4.78 is 5.23. The highest BCUT2D eigenvalue weighted by Gasteiger charge is 2.51. The minimum absolute atomic E-state index is 0.0632. The van der Waals surface area contributed by atoms with Crippen LogP contribution < -0.4 is 10.9 Å². The van der Waals surface area contributed by atoms with E-state index in [0.717, 1.165) is 42.6 Å². The number of aromatic amines is 1. The van der Waals surface area contributed by atoms with E-state index in [4.69, 9.17) is 4.74 Å². The van der Waals surface area contributed by atoms with Crippen LogP contribution in [0.1, 0.15) is 56.3 Å². The molecule has 1 aromatic carbocycles. The van der Waals surface area contributed by atoms with E-state index >= 15 is 0 Å². The lowest BCUT2D eigenvalue weighted by atomic mass is 9.49. The van der Waals surface area contributed by atoms with Crippen molar-refractivity contribution in [2.75, 3.05) is 6.54 Å². The van der Waals surface area contributed by atoms with Crippen molar-refractivity contribution in [3.05, 3.63) is 39.9 Å². The Morgan fingerprint density at radius 3 is 2.52 bits per heavy atom. The molecule has 4 fully saturated rings. The Balaban J connectivity index is 1.13. The van der Waals surface area contributed by atoms with Crippen LogP contribution in [0.5, 0.6) is 0 Å².